The maximum atomic E-state index is 11.0. The molecule has 0 atom stereocenters. The summed E-state index contributed by atoms with van der Waals surface area (Å²) >= 11 is 0. The molecule has 1 aliphatic carbocycles. The molecular formula is C9H10O3. The molecule has 0 saturated carbocycles. The molecule has 0 amide bonds. The van der Waals surface area contributed by atoms with Crippen LogP contribution < -0.4 is 0 Å². The lowest BCUT2D eigenvalue weighted by Gasteiger charge is -2.08. The number of aldehydes is 1. The Hall–Kier alpha value is -1.38. The van der Waals surface area contributed by atoms with E-state index >= 15 is 0 Å². The summed E-state index contributed by atoms with van der Waals surface area (Å²) < 4.78 is 4.53. The molecule has 3 nitrogen and oxygen atoms in total. The third-order valence-electron chi connectivity index (χ3n) is 1.78. The number of hydrogen-bond acceptors (Lipinski definition) is 3. The van der Waals surface area contributed by atoms with E-state index in [2.05, 4.69) is 4.74 Å². The first kappa shape index (κ1) is 8.71. The SMILES string of the molecule is COC(=O)C1=CC=C(C=O)CC1. The molecule has 0 spiro atoms. The first-order valence-electron chi connectivity index (χ1n) is 3.71. The summed E-state index contributed by atoms with van der Waals surface area (Å²) in [6, 6.07) is 0. The number of esters is 1. The molecule has 12 heavy (non-hydrogen) atoms. The van der Waals surface area contributed by atoms with E-state index in [-0.39, 0.29) is 5.97 Å². The Morgan fingerprint density at radius 3 is 2.67 bits per heavy atom. The number of carbonyl (C=O) groups is 2. The number of carbonyl (C=O) groups excluding carboxylic acids is 2. The van der Waals surface area contributed by atoms with E-state index in [1.54, 1.807) is 12.2 Å². The molecule has 0 bridgehead atoms. The maximum Gasteiger partial charge on any atom is 0.333 e. The molecule has 0 fully saturated rings. The van der Waals surface area contributed by atoms with Crippen LogP contribution in [0, 0.1) is 0 Å². The van der Waals surface area contributed by atoms with Gasteiger partial charge in [0, 0.05) is 5.57 Å². The Balaban J connectivity index is 2.72. The van der Waals surface area contributed by atoms with Gasteiger partial charge in [-0.15, -0.1) is 0 Å². The summed E-state index contributed by atoms with van der Waals surface area (Å²) in [5.41, 5.74) is 1.35. The Morgan fingerprint density at radius 2 is 2.25 bits per heavy atom. The number of allylic oxidation sites excluding steroid dienone is 3. The minimum absolute atomic E-state index is 0.309. The predicted octanol–water partition coefficient (Wildman–Crippen LogP) is 1.00. The zero-order chi connectivity index (χ0) is 8.97. The third-order valence-corrected chi connectivity index (χ3v) is 1.78. The van der Waals surface area contributed by atoms with Crippen molar-refractivity contribution >= 4 is 12.3 Å². The lowest BCUT2D eigenvalue weighted by molar-refractivity contribution is -0.136. The van der Waals surface area contributed by atoms with E-state index in [0.717, 1.165) is 11.9 Å². The standard InChI is InChI=1S/C9H10O3/c1-12-9(11)8-4-2-7(6-10)3-5-8/h2,4,6H,3,5H2,1H3. The van der Waals surface area contributed by atoms with Crippen molar-refractivity contribution < 1.29 is 14.3 Å². The highest BCUT2D eigenvalue weighted by atomic mass is 16.5. The van der Waals surface area contributed by atoms with Gasteiger partial charge in [-0.3, -0.25) is 4.79 Å². The van der Waals surface area contributed by atoms with Crippen molar-refractivity contribution in [2.24, 2.45) is 0 Å². The predicted molar refractivity (Wildman–Crippen MR) is 43.5 cm³/mol. The van der Waals surface area contributed by atoms with Gasteiger partial charge in [0.1, 0.15) is 6.29 Å². The van der Waals surface area contributed by atoms with Crippen molar-refractivity contribution in [1.82, 2.24) is 0 Å². The summed E-state index contributed by atoms with van der Waals surface area (Å²) in [4.78, 5) is 21.2. The second kappa shape index (κ2) is 3.85. The van der Waals surface area contributed by atoms with E-state index in [0.29, 0.717) is 18.4 Å². The first-order valence-corrected chi connectivity index (χ1v) is 3.71. The number of rotatable bonds is 2. The first-order chi connectivity index (χ1) is 5.77. The third kappa shape index (κ3) is 1.81. The van der Waals surface area contributed by atoms with Crippen LogP contribution in [0.25, 0.3) is 0 Å². The van der Waals surface area contributed by atoms with Crippen molar-refractivity contribution in [3.05, 3.63) is 23.3 Å². The van der Waals surface area contributed by atoms with E-state index in [4.69, 9.17) is 0 Å². The molecule has 0 aromatic rings. The molecule has 0 unspecified atom stereocenters. The van der Waals surface area contributed by atoms with Gasteiger partial charge in [0.05, 0.1) is 7.11 Å². The summed E-state index contributed by atoms with van der Waals surface area (Å²) in [5.74, 6) is -0.309. The minimum atomic E-state index is -0.309. The summed E-state index contributed by atoms with van der Waals surface area (Å²) in [6.45, 7) is 0. The number of methoxy groups -OCH3 is 1. The van der Waals surface area contributed by atoms with Crippen LogP contribution in [0.15, 0.2) is 23.3 Å². The molecule has 0 aromatic carbocycles. The monoisotopic (exact) mass is 166 g/mol. The fourth-order valence-electron chi connectivity index (χ4n) is 1.05. The molecule has 1 aliphatic rings. The number of ether oxygens (including phenoxy) is 1. The van der Waals surface area contributed by atoms with Crippen LogP contribution in [0.4, 0.5) is 0 Å². The zero-order valence-corrected chi connectivity index (χ0v) is 6.87. The molecule has 0 saturated heterocycles. The molecule has 0 radical (unpaired) electrons. The molecule has 64 valence electrons. The van der Waals surface area contributed by atoms with E-state index < -0.39 is 0 Å². The van der Waals surface area contributed by atoms with Gasteiger partial charge in [-0.05, 0) is 18.4 Å². The van der Waals surface area contributed by atoms with Crippen LogP contribution >= 0.6 is 0 Å². The van der Waals surface area contributed by atoms with Gasteiger partial charge < -0.3 is 4.74 Å². The average Bonchev–Trinajstić information content (AvgIpc) is 2.17. The van der Waals surface area contributed by atoms with E-state index in [9.17, 15) is 9.59 Å². The molecular weight excluding hydrogens is 156 g/mol. The van der Waals surface area contributed by atoms with Crippen LogP contribution in [0.2, 0.25) is 0 Å². The van der Waals surface area contributed by atoms with Crippen LogP contribution in [0.3, 0.4) is 0 Å². The van der Waals surface area contributed by atoms with E-state index in [1.165, 1.54) is 7.11 Å². The van der Waals surface area contributed by atoms with Crippen molar-refractivity contribution in [1.29, 1.82) is 0 Å². The van der Waals surface area contributed by atoms with Crippen LogP contribution in [-0.4, -0.2) is 19.4 Å². The molecule has 3 heteroatoms. The minimum Gasteiger partial charge on any atom is -0.466 e. The van der Waals surface area contributed by atoms with Crippen molar-refractivity contribution in [2.75, 3.05) is 7.11 Å². The normalized spacial score (nSPS) is 16.1. The van der Waals surface area contributed by atoms with Crippen LogP contribution in [0.1, 0.15) is 12.8 Å². The van der Waals surface area contributed by atoms with Gasteiger partial charge in [0.25, 0.3) is 0 Å². The second-order valence-corrected chi connectivity index (χ2v) is 2.54. The van der Waals surface area contributed by atoms with Gasteiger partial charge >= 0.3 is 5.97 Å². The van der Waals surface area contributed by atoms with Gasteiger partial charge in [-0.25, -0.2) is 4.79 Å². The van der Waals surface area contributed by atoms with Gasteiger partial charge in [-0.2, -0.15) is 0 Å². The topological polar surface area (TPSA) is 43.4 Å². The molecule has 0 N–H and O–H groups in total. The molecule has 1 rings (SSSR count). The largest absolute Gasteiger partial charge is 0.466 e. The van der Waals surface area contributed by atoms with Gasteiger partial charge in [0.2, 0.25) is 0 Å². The van der Waals surface area contributed by atoms with Crippen molar-refractivity contribution in [2.45, 2.75) is 12.8 Å². The Labute approximate surface area is 70.7 Å². The fourth-order valence-corrected chi connectivity index (χ4v) is 1.05. The molecule has 0 aliphatic heterocycles. The maximum absolute atomic E-state index is 11.0. The highest BCUT2D eigenvalue weighted by Gasteiger charge is 2.12. The van der Waals surface area contributed by atoms with Crippen molar-refractivity contribution in [3.63, 3.8) is 0 Å². The molecule has 0 aromatic heterocycles. The lowest BCUT2D eigenvalue weighted by Crippen LogP contribution is -2.07. The summed E-state index contributed by atoms with van der Waals surface area (Å²) in [5, 5.41) is 0. The Morgan fingerprint density at radius 1 is 1.50 bits per heavy atom. The van der Waals surface area contributed by atoms with Crippen molar-refractivity contribution in [3.8, 4) is 0 Å². The highest BCUT2D eigenvalue weighted by Crippen LogP contribution is 2.17. The molecule has 0 heterocycles. The highest BCUT2D eigenvalue weighted by molar-refractivity contribution is 5.90. The Bertz CT molecular complexity index is 261. The zero-order valence-electron chi connectivity index (χ0n) is 6.87. The lowest BCUT2D eigenvalue weighted by atomic mass is 9.99. The van der Waals surface area contributed by atoms with Gasteiger partial charge in [0.15, 0.2) is 0 Å². The quantitative estimate of drug-likeness (QED) is 0.454. The van der Waals surface area contributed by atoms with Crippen LogP contribution in [0.5, 0.6) is 0 Å². The van der Waals surface area contributed by atoms with Crippen LogP contribution in [-0.2, 0) is 14.3 Å². The number of hydrogen-bond donors (Lipinski definition) is 0. The summed E-state index contributed by atoms with van der Waals surface area (Å²) in [6.07, 6.45) is 5.33. The Kier molecular flexibility index (Phi) is 2.80. The fraction of sp³-hybridized carbons (Fsp3) is 0.333. The smallest absolute Gasteiger partial charge is 0.333 e. The van der Waals surface area contributed by atoms with E-state index in [1.807, 2.05) is 0 Å². The average molecular weight is 166 g/mol. The van der Waals surface area contributed by atoms with Gasteiger partial charge in [-0.1, -0.05) is 12.2 Å². The second-order valence-electron chi connectivity index (χ2n) is 2.54. The summed E-state index contributed by atoms with van der Waals surface area (Å²) in [7, 11) is 1.35.